The Balaban J connectivity index is 1.29. The Morgan fingerprint density at radius 3 is 2.55 bits per heavy atom. The monoisotopic (exact) mass is 384 g/mol. The summed E-state index contributed by atoms with van der Waals surface area (Å²) in [4.78, 5) is 23.6. The number of likely N-dealkylation sites (tertiary alicyclic amines) is 1. The van der Waals surface area contributed by atoms with Gasteiger partial charge in [0.1, 0.15) is 11.2 Å². The molecule has 0 unspecified atom stereocenters. The SMILES string of the molecule is O=C(c1cccc2nccnc12)N1CCC(n2cc(-c3ccccc3)nn2)CC1. The molecular weight excluding hydrogens is 364 g/mol. The molecule has 5 rings (SSSR count). The second-order valence-electron chi connectivity index (χ2n) is 7.20. The average molecular weight is 384 g/mol. The summed E-state index contributed by atoms with van der Waals surface area (Å²) < 4.78 is 1.94. The lowest BCUT2D eigenvalue weighted by atomic mass is 10.0. The molecule has 1 saturated heterocycles. The molecule has 1 aliphatic rings. The Morgan fingerprint density at radius 1 is 0.931 bits per heavy atom. The van der Waals surface area contributed by atoms with Crippen LogP contribution in [0.5, 0.6) is 0 Å². The zero-order valence-electron chi connectivity index (χ0n) is 15.8. The van der Waals surface area contributed by atoms with Gasteiger partial charge in [-0.3, -0.25) is 14.8 Å². The Morgan fingerprint density at radius 2 is 1.72 bits per heavy atom. The van der Waals surface area contributed by atoms with E-state index in [2.05, 4.69) is 20.3 Å². The topological polar surface area (TPSA) is 76.8 Å². The van der Waals surface area contributed by atoms with E-state index in [0.717, 1.165) is 29.6 Å². The Kier molecular flexibility index (Phi) is 4.48. The van der Waals surface area contributed by atoms with Crippen molar-refractivity contribution < 1.29 is 4.79 Å². The highest BCUT2D eigenvalue weighted by Crippen LogP contribution is 2.26. The second-order valence-corrected chi connectivity index (χ2v) is 7.20. The fourth-order valence-corrected chi connectivity index (χ4v) is 3.87. The van der Waals surface area contributed by atoms with Crippen molar-refractivity contribution in [3.05, 3.63) is 72.7 Å². The number of benzene rings is 2. The van der Waals surface area contributed by atoms with Crippen molar-refractivity contribution in [2.24, 2.45) is 0 Å². The van der Waals surface area contributed by atoms with Gasteiger partial charge in [-0.05, 0) is 25.0 Å². The van der Waals surface area contributed by atoms with Gasteiger partial charge in [0, 0.05) is 31.0 Å². The quantitative estimate of drug-likeness (QED) is 0.541. The number of carbonyl (C=O) groups excluding carboxylic acids is 1. The van der Waals surface area contributed by atoms with Gasteiger partial charge in [-0.25, -0.2) is 4.68 Å². The first-order valence-electron chi connectivity index (χ1n) is 9.76. The van der Waals surface area contributed by atoms with Gasteiger partial charge in [0.15, 0.2) is 0 Å². The standard InChI is InChI=1S/C22H20N6O/c29-22(18-7-4-8-19-21(18)24-12-11-23-19)27-13-9-17(10-14-27)28-15-20(25-26-28)16-5-2-1-3-6-16/h1-8,11-12,15,17H,9-10,13-14H2. The lowest BCUT2D eigenvalue weighted by Gasteiger charge is -2.32. The minimum atomic E-state index is 0.0121. The van der Waals surface area contributed by atoms with Crippen LogP contribution in [0.4, 0.5) is 0 Å². The highest BCUT2D eigenvalue weighted by molar-refractivity contribution is 6.04. The van der Waals surface area contributed by atoms with Crippen molar-refractivity contribution >= 4 is 16.9 Å². The maximum absolute atomic E-state index is 13.1. The molecule has 2 aromatic heterocycles. The maximum Gasteiger partial charge on any atom is 0.256 e. The van der Waals surface area contributed by atoms with Crippen LogP contribution in [0.2, 0.25) is 0 Å². The number of hydrogen-bond acceptors (Lipinski definition) is 5. The molecule has 29 heavy (non-hydrogen) atoms. The van der Waals surface area contributed by atoms with E-state index in [1.165, 1.54) is 0 Å². The molecule has 144 valence electrons. The first-order chi connectivity index (χ1) is 14.3. The summed E-state index contributed by atoms with van der Waals surface area (Å²) in [5, 5.41) is 8.64. The molecule has 0 aliphatic carbocycles. The molecule has 0 saturated carbocycles. The van der Waals surface area contributed by atoms with Crippen molar-refractivity contribution in [2.75, 3.05) is 13.1 Å². The van der Waals surface area contributed by atoms with Gasteiger partial charge >= 0.3 is 0 Å². The molecule has 0 N–H and O–H groups in total. The molecule has 3 heterocycles. The normalized spacial score (nSPS) is 15.0. The lowest BCUT2D eigenvalue weighted by Crippen LogP contribution is -2.39. The molecule has 0 spiro atoms. The molecule has 1 aliphatic heterocycles. The number of carbonyl (C=O) groups is 1. The van der Waals surface area contributed by atoms with E-state index in [0.29, 0.717) is 24.2 Å². The van der Waals surface area contributed by atoms with Crippen LogP contribution in [-0.4, -0.2) is 48.9 Å². The number of fused-ring (bicyclic) bond motifs is 1. The Labute approximate surface area is 168 Å². The maximum atomic E-state index is 13.1. The fourth-order valence-electron chi connectivity index (χ4n) is 3.87. The first kappa shape index (κ1) is 17.5. The first-order valence-corrected chi connectivity index (χ1v) is 9.76. The largest absolute Gasteiger partial charge is 0.338 e. The van der Waals surface area contributed by atoms with E-state index in [1.54, 1.807) is 12.4 Å². The molecule has 0 radical (unpaired) electrons. The van der Waals surface area contributed by atoms with E-state index < -0.39 is 0 Å². The summed E-state index contributed by atoms with van der Waals surface area (Å²) in [7, 11) is 0. The Hall–Kier alpha value is -3.61. The number of piperidine rings is 1. The van der Waals surface area contributed by atoms with Crippen molar-refractivity contribution in [1.82, 2.24) is 29.9 Å². The van der Waals surface area contributed by atoms with Crippen LogP contribution in [0.15, 0.2) is 67.1 Å². The zero-order valence-corrected chi connectivity index (χ0v) is 15.8. The van der Waals surface area contributed by atoms with Crippen LogP contribution in [-0.2, 0) is 0 Å². The van der Waals surface area contributed by atoms with Gasteiger partial charge in [0.05, 0.1) is 23.3 Å². The summed E-state index contributed by atoms with van der Waals surface area (Å²) in [6.45, 7) is 1.36. The molecule has 4 aromatic rings. The molecule has 7 heteroatoms. The van der Waals surface area contributed by atoms with Crippen molar-refractivity contribution in [3.63, 3.8) is 0 Å². The smallest absolute Gasteiger partial charge is 0.256 e. The predicted octanol–water partition coefficient (Wildman–Crippen LogP) is 3.37. The van der Waals surface area contributed by atoms with Gasteiger partial charge in [-0.2, -0.15) is 0 Å². The molecule has 1 amide bonds. The van der Waals surface area contributed by atoms with Gasteiger partial charge in [0.2, 0.25) is 0 Å². The molecule has 2 aromatic carbocycles. The Bertz CT molecular complexity index is 1140. The zero-order chi connectivity index (χ0) is 19.6. The highest BCUT2D eigenvalue weighted by atomic mass is 16.2. The van der Waals surface area contributed by atoms with Crippen LogP contribution in [0.25, 0.3) is 22.3 Å². The minimum Gasteiger partial charge on any atom is -0.338 e. The fraction of sp³-hybridized carbons (Fsp3) is 0.227. The number of para-hydroxylation sites is 1. The molecule has 0 bridgehead atoms. The van der Waals surface area contributed by atoms with E-state index in [4.69, 9.17) is 0 Å². The molecule has 0 atom stereocenters. The van der Waals surface area contributed by atoms with Crippen LogP contribution < -0.4 is 0 Å². The van der Waals surface area contributed by atoms with E-state index >= 15 is 0 Å². The summed E-state index contributed by atoms with van der Waals surface area (Å²) >= 11 is 0. The van der Waals surface area contributed by atoms with Crippen molar-refractivity contribution in [1.29, 1.82) is 0 Å². The third-order valence-electron chi connectivity index (χ3n) is 5.43. The predicted molar refractivity (Wildman–Crippen MR) is 109 cm³/mol. The number of nitrogens with zero attached hydrogens (tertiary/aromatic N) is 6. The van der Waals surface area contributed by atoms with Crippen LogP contribution in [0, 0.1) is 0 Å². The summed E-state index contributed by atoms with van der Waals surface area (Å²) in [5.74, 6) is 0.0121. The second kappa shape index (κ2) is 7.43. The molecular formula is C22H20N6O. The number of aromatic nitrogens is 5. The van der Waals surface area contributed by atoms with Crippen molar-refractivity contribution in [3.8, 4) is 11.3 Å². The van der Waals surface area contributed by atoms with Crippen LogP contribution in [0.3, 0.4) is 0 Å². The summed E-state index contributed by atoms with van der Waals surface area (Å²) in [5.41, 5.74) is 3.94. The average Bonchev–Trinajstić information content (AvgIpc) is 3.29. The van der Waals surface area contributed by atoms with Gasteiger partial charge in [-0.1, -0.05) is 41.6 Å². The van der Waals surface area contributed by atoms with Crippen molar-refractivity contribution in [2.45, 2.75) is 18.9 Å². The number of hydrogen-bond donors (Lipinski definition) is 0. The van der Waals surface area contributed by atoms with E-state index in [9.17, 15) is 4.79 Å². The van der Waals surface area contributed by atoms with E-state index in [-0.39, 0.29) is 11.9 Å². The number of rotatable bonds is 3. The highest BCUT2D eigenvalue weighted by Gasteiger charge is 2.26. The summed E-state index contributed by atoms with van der Waals surface area (Å²) in [6.07, 6.45) is 6.96. The third kappa shape index (κ3) is 3.35. The van der Waals surface area contributed by atoms with E-state index in [1.807, 2.05) is 64.3 Å². The van der Waals surface area contributed by atoms with Crippen LogP contribution in [0.1, 0.15) is 29.2 Å². The van der Waals surface area contributed by atoms with Gasteiger partial charge in [-0.15, -0.1) is 5.10 Å². The molecule has 7 nitrogen and oxygen atoms in total. The van der Waals surface area contributed by atoms with Gasteiger partial charge < -0.3 is 4.90 Å². The number of amides is 1. The summed E-state index contributed by atoms with van der Waals surface area (Å²) in [6, 6.07) is 15.9. The third-order valence-corrected chi connectivity index (χ3v) is 5.43. The van der Waals surface area contributed by atoms with Gasteiger partial charge in [0.25, 0.3) is 5.91 Å². The van der Waals surface area contributed by atoms with Crippen LogP contribution >= 0.6 is 0 Å². The minimum absolute atomic E-state index is 0.0121. The molecule has 1 fully saturated rings. The lowest BCUT2D eigenvalue weighted by molar-refractivity contribution is 0.0691.